The molecule has 2 heterocycles. The summed E-state index contributed by atoms with van der Waals surface area (Å²) < 4.78 is 48.4. The van der Waals surface area contributed by atoms with Crippen LogP contribution < -0.4 is 14.2 Å². The summed E-state index contributed by atoms with van der Waals surface area (Å²) in [6, 6.07) is 19.9. The molecular formula is C33H26F2N4O7S. The van der Waals surface area contributed by atoms with E-state index in [1.165, 1.54) is 36.4 Å². The number of pyridine rings is 1. The Labute approximate surface area is 271 Å². The quantitative estimate of drug-likeness (QED) is 0.160. The van der Waals surface area contributed by atoms with Crippen LogP contribution in [0.15, 0.2) is 82.8 Å². The maximum Gasteiger partial charge on any atom is 0.317 e. The van der Waals surface area contributed by atoms with Gasteiger partial charge in [-0.15, -0.1) is 11.8 Å². The van der Waals surface area contributed by atoms with Gasteiger partial charge in [-0.3, -0.25) is 14.6 Å². The number of carboxylic acid groups (broad SMARTS) is 2. The largest absolute Gasteiger partial charge is 0.485 e. The number of carboxylic acids is 2. The van der Waals surface area contributed by atoms with E-state index in [0.29, 0.717) is 29.4 Å². The smallest absolute Gasteiger partial charge is 0.317 e. The van der Waals surface area contributed by atoms with Gasteiger partial charge < -0.3 is 29.3 Å². The van der Waals surface area contributed by atoms with Gasteiger partial charge in [0, 0.05) is 24.6 Å². The number of carbonyl (C=O) groups is 2. The minimum atomic E-state index is -1.31. The second-order valence-electron chi connectivity index (χ2n) is 10.1. The molecule has 0 bridgehead atoms. The zero-order valence-electron chi connectivity index (χ0n) is 24.7. The van der Waals surface area contributed by atoms with Crippen molar-refractivity contribution in [3.05, 3.63) is 101 Å². The summed E-state index contributed by atoms with van der Waals surface area (Å²) in [7, 11) is 1.76. The van der Waals surface area contributed by atoms with Crippen LogP contribution in [0.2, 0.25) is 0 Å². The Kier molecular flexibility index (Phi) is 10.2. The molecule has 0 saturated carbocycles. The molecule has 5 rings (SSSR count). The van der Waals surface area contributed by atoms with Gasteiger partial charge in [0.1, 0.15) is 23.4 Å². The highest BCUT2D eigenvalue weighted by molar-refractivity contribution is 8.00. The van der Waals surface area contributed by atoms with E-state index in [9.17, 15) is 20.0 Å². The van der Waals surface area contributed by atoms with Crippen molar-refractivity contribution in [2.24, 2.45) is 4.99 Å². The third kappa shape index (κ3) is 7.95. The van der Waals surface area contributed by atoms with Crippen LogP contribution in [0, 0.1) is 23.0 Å². The highest BCUT2D eigenvalue weighted by Crippen LogP contribution is 2.39. The van der Waals surface area contributed by atoms with E-state index in [2.05, 4.69) is 9.98 Å². The number of benzene rings is 3. The van der Waals surface area contributed by atoms with Crippen LogP contribution in [-0.2, 0) is 16.2 Å². The molecular weight excluding hydrogens is 634 g/mol. The topological polar surface area (TPSA) is 155 Å². The molecule has 0 amide bonds. The summed E-state index contributed by atoms with van der Waals surface area (Å²) in [4.78, 5) is 33.3. The zero-order valence-corrected chi connectivity index (χ0v) is 25.5. The molecule has 1 unspecified atom stereocenters. The van der Waals surface area contributed by atoms with Gasteiger partial charge in [-0.1, -0.05) is 30.3 Å². The Morgan fingerprint density at radius 1 is 1.04 bits per heavy atom. The van der Waals surface area contributed by atoms with Crippen LogP contribution in [0.5, 0.6) is 28.9 Å². The molecule has 47 heavy (non-hydrogen) atoms. The number of aromatic nitrogens is 1. The number of hydrogen-bond acceptors (Lipinski definition) is 10. The summed E-state index contributed by atoms with van der Waals surface area (Å²) in [5.74, 6) is -5.94. The zero-order chi connectivity index (χ0) is 33.5. The number of amidine groups is 1. The molecule has 0 spiro atoms. The van der Waals surface area contributed by atoms with E-state index < -0.39 is 46.9 Å². The molecule has 3 aromatic carbocycles. The summed E-state index contributed by atoms with van der Waals surface area (Å²) in [5, 5.41) is 26.8. The Hall–Kier alpha value is -5.68. The van der Waals surface area contributed by atoms with Crippen LogP contribution in [0.25, 0.3) is 0 Å². The summed E-state index contributed by atoms with van der Waals surface area (Å²) in [6.45, 7) is 1.14. The van der Waals surface area contributed by atoms with Gasteiger partial charge in [0.25, 0.3) is 5.88 Å². The first-order chi connectivity index (χ1) is 22.6. The van der Waals surface area contributed by atoms with E-state index in [1.807, 2.05) is 36.4 Å². The number of ether oxygens (including phenoxy) is 3. The van der Waals surface area contributed by atoms with Crippen molar-refractivity contribution >= 4 is 29.5 Å². The molecule has 240 valence electrons. The summed E-state index contributed by atoms with van der Waals surface area (Å²) in [6.07, 6.45) is 0.0970. The van der Waals surface area contributed by atoms with E-state index in [4.69, 9.17) is 19.3 Å². The lowest BCUT2D eigenvalue weighted by atomic mass is 10.1. The minimum Gasteiger partial charge on any atom is -0.485 e. The van der Waals surface area contributed by atoms with Gasteiger partial charge >= 0.3 is 11.9 Å². The standard InChI is InChI=1S/C33H26F2N4O7S/c1-39-12-11-37-31(39)22-14-21(47-27(33(42)43)15-28(40)41)8-10-24(22)45-30-23(34)17-38-32(29(30)35)46-26-13-20(16-36)7-9-25(26)44-18-19-5-3-2-4-6-19/h2-10,13-14,17,27H,11-12,15,18H2,1H3,(H,40,41)(H,42,43). The normalized spacial score (nSPS) is 13.0. The second-order valence-corrected chi connectivity index (χ2v) is 11.4. The molecule has 0 saturated heterocycles. The maximum absolute atomic E-state index is 15.9. The van der Waals surface area contributed by atoms with Crippen molar-refractivity contribution in [3.63, 3.8) is 0 Å². The maximum atomic E-state index is 15.9. The number of hydrogen-bond donors (Lipinski definition) is 2. The van der Waals surface area contributed by atoms with Gasteiger partial charge in [0.2, 0.25) is 11.6 Å². The number of thioether (sulfide) groups is 1. The third-order valence-electron chi connectivity index (χ3n) is 6.79. The van der Waals surface area contributed by atoms with Crippen LogP contribution >= 0.6 is 11.8 Å². The molecule has 0 fully saturated rings. The first kappa shape index (κ1) is 32.7. The first-order valence-electron chi connectivity index (χ1n) is 14.0. The van der Waals surface area contributed by atoms with Gasteiger partial charge in [-0.2, -0.15) is 9.65 Å². The van der Waals surface area contributed by atoms with Crippen molar-refractivity contribution in [1.82, 2.24) is 9.88 Å². The number of nitrogens with zero attached hydrogens (tertiary/aromatic N) is 4. The first-order valence-corrected chi connectivity index (χ1v) is 14.9. The number of halogens is 2. The number of aliphatic carboxylic acids is 2. The SMILES string of the molecule is CN1CCN=C1c1cc(SC(CC(=O)O)C(=O)O)ccc1Oc1c(F)cnc(Oc2cc(C#N)ccc2OCc2ccccc2)c1F. The summed E-state index contributed by atoms with van der Waals surface area (Å²) >= 11 is 0.809. The lowest BCUT2D eigenvalue weighted by Gasteiger charge is -2.19. The molecule has 1 aromatic heterocycles. The van der Waals surface area contributed by atoms with Gasteiger partial charge in [-0.25, -0.2) is 9.37 Å². The van der Waals surface area contributed by atoms with Crippen molar-refractivity contribution in [1.29, 1.82) is 5.26 Å². The highest BCUT2D eigenvalue weighted by atomic mass is 32.2. The molecule has 1 aliphatic rings. The Morgan fingerprint density at radius 3 is 2.49 bits per heavy atom. The van der Waals surface area contributed by atoms with Crippen LogP contribution in [0.4, 0.5) is 8.78 Å². The lowest BCUT2D eigenvalue weighted by Crippen LogP contribution is -2.24. The fourth-order valence-corrected chi connectivity index (χ4v) is 5.48. The molecule has 11 nitrogen and oxygen atoms in total. The van der Waals surface area contributed by atoms with E-state index in [1.54, 1.807) is 11.9 Å². The molecule has 0 radical (unpaired) electrons. The molecule has 2 N–H and O–H groups in total. The molecule has 1 aliphatic heterocycles. The Morgan fingerprint density at radius 2 is 1.81 bits per heavy atom. The fourth-order valence-electron chi connectivity index (χ4n) is 4.50. The minimum absolute atomic E-state index is 0.0136. The predicted molar refractivity (Wildman–Crippen MR) is 166 cm³/mol. The number of nitriles is 1. The molecule has 14 heteroatoms. The van der Waals surface area contributed by atoms with Crippen molar-refractivity contribution in [3.8, 4) is 34.9 Å². The molecule has 4 aromatic rings. The van der Waals surface area contributed by atoms with Crippen LogP contribution in [-0.4, -0.2) is 63.3 Å². The van der Waals surface area contributed by atoms with Gasteiger partial charge in [0.15, 0.2) is 17.3 Å². The van der Waals surface area contributed by atoms with Crippen molar-refractivity contribution < 1.29 is 42.8 Å². The molecule has 1 atom stereocenters. The monoisotopic (exact) mass is 660 g/mol. The highest BCUT2D eigenvalue weighted by Gasteiger charge is 2.27. The van der Waals surface area contributed by atoms with Crippen LogP contribution in [0.3, 0.4) is 0 Å². The summed E-state index contributed by atoms with van der Waals surface area (Å²) in [5.41, 5.74) is 1.34. The van der Waals surface area contributed by atoms with E-state index >= 15 is 8.78 Å². The van der Waals surface area contributed by atoms with Crippen molar-refractivity contribution in [2.45, 2.75) is 23.2 Å². The van der Waals surface area contributed by atoms with Gasteiger partial charge in [0.05, 0.1) is 36.4 Å². The van der Waals surface area contributed by atoms with Gasteiger partial charge in [-0.05, 0) is 35.9 Å². The Bertz CT molecular complexity index is 1890. The van der Waals surface area contributed by atoms with Crippen molar-refractivity contribution in [2.75, 3.05) is 20.1 Å². The Balaban J connectivity index is 1.47. The third-order valence-corrected chi connectivity index (χ3v) is 7.97. The van der Waals surface area contributed by atoms with Crippen LogP contribution in [0.1, 0.15) is 23.1 Å². The number of rotatable bonds is 13. The van der Waals surface area contributed by atoms with E-state index in [0.717, 1.165) is 23.5 Å². The second kappa shape index (κ2) is 14.6. The number of aliphatic imine (C=N–C) groups is 1. The average Bonchev–Trinajstić information content (AvgIpc) is 3.49. The fraction of sp³-hybridized carbons (Fsp3) is 0.182. The average molecular weight is 661 g/mol. The number of likely N-dealkylation sites (N-methyl/N-ethyl adjacent to an activating group) is 1. The molecule has 0 aliphatic carbocycles. The lowest BCUT2D eigenvalue weighted by molar-refractivity contribution is -0.142. The van der Waals surface area contributed by atoms with E-state index in [-0.39, 0.29) is 29.4 Å². The predicted octanol–water partition coefficient (Wildman–Crippen LogP) is 6.11.